The van der Waals surface area contributed by atoms with Crippen LogP contribution in [0, 0.1) is 17.3 Å². The minimum atomic E-state index is 0.808. The Bertz CT molecular complexity index is 139. The van der Waals surface area contributed by atoms with Gasteiger partial charge in [-0.05, 0) is 42.9 Å². The smallest absolute Gasteiger partial charge is 0.0490 e. The molecule has 0 heterocycles. The number of hydrogen-bond donors (Lipinski definition) is 0. The lowest BCUT2D eigenvalue weighted by molar-refractivity contribution is -0.0828. The molecule has 0 aromatic rings. The Balaban J connectivity index is 1.72. The summed E-state index contributed by atoms with van der Waals surface area (Å²) in [7, 11) is 1.81. The van der Waals surface area contributed by atoms with Crippen LogP contribution < -0.4 is 0 Å². The van der Waals surface area contributed by atoms with Crippen LogP contribution in [-0.4, -0.2) is 13.7 Å². The molecule has 0 aromatic heterocycles. The van der Waals surface area contributed by atoms with E-state index in [4.69, 9.17) is 4.74 Å². The maximum atomic E-state index is 5.13. The zero-order valence-electron chi connectivity index (χ0n) is 7.60. The van der Waals surface area contributed by atoms with Gasteiger partial charge in [0.05, 0.1) is 0 Å². The first kappa shape index (κ1) is 7.60. The van der Waals surface area contributed by atoms with Gasteiger partial charge < -0.3 is 4.74 Å². The van der Waals surface area contributed by atoms with Gasteiger partial charge in [-0.1, -0.05) is 6.92 Å². The predicted molar refractivity (Wildman–Crippen MR) is 45.4 cm³/mol. The normalized spacial score (nSPS) is 48.5. The number of rotatable bonds is 2. The maximum absolute atomic E-state index is 5.13. The van der Waals surface area contributed by atoms with Crippen LogP contribution in [0.15, 0.2) is 0 Å². The van der Waals surface area contributed by atoms with Crippen molar-refractivity contribution in [3.05, 3.63) is 0 Å². The van der Waals surface area contributed by atoms with E-state index >= 15 is 0 Å². The van der Waals surface area contributed by atoms with Gasteiger partial charge >= 0.3 is 0 Å². The van der Waals surface area contributed by atoms with E-state index in [1.54, 1.807) is 0 Å². The van der Waals surface area contributed by atoms with Crippen LogP contribution in [0.4, 0.5) is 0 Å². The van der Waals surface area contributed by atoms with E-state index in [1.807, 2.05) is 7.11 Å². The second-order valence-electron chi connectivity index (χ2n) is 4.74. The highest BCUT2D eigenvalue weighted by molar-refractivity contribution is 5.01. The second-order valence-corrected chi connectivity index (χ2v) is 4.74. The average Bonchev–Trinajstić information content (AvgIpc) is 1.80. The first-order chi connectivity index (χ1) is 5.24. The van der Waals surface area contributed by atoms with Gasteiger partial charge in [-0.2, -0.15) is 0 Å². The number of ether oxygens (including phenoxy) is 1. The van der Waals surface area contributed by atoms with E-state index in [0.29, 0.717) is 0 Å². The molecule has 64 valence electrons. The van der Waals surface area contributed by atoms with Crippen molar-refractivity contribution < 1.29 is 4.74 Å². The van der Waals surface area contributed by atoms with Gasteiger partial charge in [0.25, 0.3) is 0 Å². The van der Waals surface area contributed by atoms with Crippen LogP contribution in [0.1, 0.15) is 32.6 Å². The number of hydrogen-bond acceptors (Lipinski definition) is 1. The minimum Gasteiger partial charge on any atom is -0.384 e. The fourth-order valence-electron chi connectivity index (χ4n) is 3.27. The molecule has 0 unspecified atom stereocenters. The van der Waals surface area contributed by atoms with Gasteiger partial charge in [0.15, 0.2) is 0 Å². The highest BCUT2D eigenvalue weighted by Gasteiger charge is 2.50. The van der Waals surface area contributed by atoms with Crippen molar-refractivity contribution in [3.63, 3.8) is 0 Å². The first-order valence-corrected chi connectivity index (χ1v) is 4.73. The molecular weight excluding hydrogens is 136 g/mol. The molecule has 0 N–H and O–H groups in total. The van der Waals surface area contributed by atoms with Crippen molar-refractivity contribution in [3.8, 4) is 0 Å². The van der Waals surface area contributed by atoms with Gasteiger partial charge in [-0.15, -0.1) is 0 Å². The molecule has 0 bridgehead atoms. The lowest BCUT2D eigenvalue weighted by Crippen LogP contribution is -2.47. The van der Waals surface area contributed by atoms with E-state index < -0.39 is 0 Å². The number of methoxy groups -OCH3 is 1. The van der Waals surface area contributed by atoms with Crippen molar-refractivity contribution in [2.24, 2.45) is 17.3 Å². The molecular formula is C10H18O. The van der Waals surface area contributed by atoms with Gasteiger partial charge in [-0.25, -0.2) is 0 Å². The topological polar surface area (TPSA) is 9.23 Å². The zero-order valence-corrected chi connectivity index (χ0v) is 7.60. The molecule has 0 aromatic carbocycles. The Morgan fingerprint density at radius 1 is 1.27 bits per heavy atom. The molecule has 1 nitrogen and oxygen atoms in total. The van der Waals surface area contributed by atoms with Gasteiger partial charge in [-0.3, -0.25) is 0 Å². The molecule has 1 spiro atoms. The van der Waals surface area contributed by atoms with Crippen LogP contribution >= 0.6 is 0 Å². The second kappa shape index (κ2) is 2.48. The lowest BCUT2D eigenvalue weighted by Gasteiger charge is -2.57. The summed E-state index contributed by atoms with van der Waals surface area (Å²) in [5.74, 6) is 1.91. The Hall–Kier alpha value is -0.0400. The molecule has 0 amide bonds. The largest absolute Gasteiger partial charge is 0.384 e. The summed E-state index contributed by atoms with van der Waals surface area (Å²) in [6.07, 6.45) is 5.89. The van der Waals surface area contributed by atoms with Crippen molar-refractivity contribution in [1.82, 2.24) is 0 Å². The molecule has 11 heavy (non-hydrogen) atoms. The third-order valence-electron chi connectivity index (χ3n) is 3.41. The molecule has 2 rings (SSSR count). The molecule has 0 saturated heterocycles. The third kappa shape index (κ3) is 1.20. The summed E-state index contributed by atoms with van der Waals surface area (Å²) in [5.41, 5.74) is 0.808. The van der Waals surface area contributed by atoms with Gasteiger partial charge in [0.2, 0.25) is 0 Å². The summed E-state index contributed by atoms with van der Waals surface area (Å²) < 4.78 is 5.13. The van der Waals surface area contributed by atoms with Crippen molar-refractivity contribution >= 4 is 0 Å². The summed E-state index contributed by atoms with van der Waals surface area (Å²) in [4.78, 5) is 0. The molecule has 1 heteroatoms. The molecule has 0 atom stereocenters. The first-order valence-electron chi connectivity index (χ1n) is 4.73. The van der Waals surface area contributed by atoms with E-state index in [-0.39, 0.29) is 0 Å². The third-order valence-corrected chi connectivity index (χ3v) is 3.41. The van der Waals surface area contributed by atoms with E-state index in [0.717, 1.165) is 23.9 Å². The lowest BCUT2D eigenvalue weighted by atomic mass is 9.49. The zero-order chi connectivity index (χ0) is 7.90. The quantitative estimate of drug-likeness (QED) is 0.593. The SMILES string of the molecule is COCC1CC2(CC(C)C2)C1. The van der Waals surface area contributed by atoms with Gasteiger partial charge in [0, 0.05) is 13.7 Å². The van der Waals surface area contributed by atoms with Crippen molar-refractivity contribution in [2.45, 2.75) is 32.6 Å². The molecule has 0 radical (unpaired) electrons. The highest BCUT2D eigenvalue weighted by Crippen LogP contribution is 2.60. The predicted octanol–water partition coefficient (Wildman–Crippen LogP) is 2.46. The fourth-order valence-corrected chi connectivity index (χ4v) is 3.27. The molecule has 2 saturated carbocycles. The van der Waals surface area contributed by atoms with Crippen LogP contribution in [0.2, 0.25) is 0 Å². The van der Waals surface area contributed by atoms with Crippen LogP contribution in [0.3, 0.4) is 0 Å². The Morgan fingerprint density at radius 3 is 2.36 bits per heavy atom. The monoisotopic (exact) mass is 154 g/mol. The Labute approximate surface area is 69.1 Å². The average molecular weight is 154 g/mol. The highest BCUT2D eigenvalue weighted by atomic mass is 16.5. The summed E-state index contributed by atoms with van der Waals surface area (Å²) in [6.45, 7) is 3.37. The van der Waals surface area contributed by atoms with Crippen LogP contribution in [0.5, 0.6) is 0 Å². The van der Waals surface area contributed by atoms with Gasteiger partial charge in [0.1, 0.15) is 0 Å². The van der Waals surface area contributed by atoms with Crippen molar-refractivity contribution in [2.75, 3.05) is 13.7 Å². The van der Waals surface area contributed by atoms with E-state index in [1.165, 1.54) is 25.7 Å². The summed E-state index contributed by atoms with van der Waals surface area (Å²) >= 11 is 0. The molecule has 2 fully saturated rings. The molecule has 2 aliphatic carbocycles. The van der Waals surface area contributed by atoms with Crippen molar-refractivity contribution in [1.29, 1.82) is 0 Å². The minimum absolute atomic E-state index is 0.808. The summed E-state index contributed by atoms with van der Waals surface area (Å²) in [5, 5.41) is 0. The summed E-state index contributed by atoms with van der Waals surface area (Å²) in [6, 6.07) is 0. The van der Waals surface area contributed by atoms with E-state index in [2.05, 4.69) is 6.92 Å². The van der Waals surface area contributed by atoms with Crippen LogP contribution in [-0.2, 0) is 4.74 Å². The standard InChI is InChI=1S/C10H18O/c1-8-3-10(4-8)5-9(6-10)7-11-2/h8-9H,3-7H2,1-2H3. The molecule has 0 aliphatic heterocycles. The fraction of sp³-hybridized carbons (Fsp3) is 1.00. The molecule has 2 aliphatic rings. The Kier molecular flexibility index (Phi) is 1.71. The Morgan fingerprint density at radius 2 is 1.91 bits per heavy atom. The maximum Gasteiger partial charge on any atom is 0.0490 e. The van der Waals surface area contributed by atoms with Crippen LogP contribution in [0.25, 0.3) is 0 Å². The van der Waals surface area contributed by atoms with E-state index in [9.17, 15) is 0 Å².